The number of rotatable bonds is 5. The van der Waals surface area contributed by atoms with Crippen molar-refractivity contribution in [3.8, 4) is 11.1 Å². The molecule has 0 aliphatic carbocycles. The molecule has 0 aliphatic rings. The Hall–Kier alpha value is -5.60. The largest absolute Gasteiger partial charge is 0.355 e. The number of hydrogen-bond donors (Lipinski definition) is 2. The Kier molecular flexibility index (Phi) is 5.82. The standard InChI is InChI=1S/C40H28N2/c1-3-15-27(16-4-1)41-39-33-23-11-7-19-29(33)37(30-20-8-12-24-34(30)39)38-31-21-9-13-25-35(31)40(36-26-14-10-22-32(36)38)42-28-17-5-2-6-18-28/h1-26,41-42H. The predicted molar refractivity (Wildman–Crippen MR) is 181 cm³/mol. The lowest BCUT2D eigenvalue weighted by molar-refractivity contribution is 1.59. The van der Waals surface area contributed by atoms with Crippen molar-refractivity contribution in [2.75, 3.05) is 10.6 Å². The Balaban J connectivity index is 1.50. The van der Waals surface area contributed by atoms with Crippen LogP contribution in [0.5, 0.6) is 0 Å². The third-order valence-corrected chi connectivity index (χ3v) is 8.20. The monoisotopic (exact) mass is 536 g/mol. The van der Waals surface area contributed by atoms with Crippen molar-refractivity contribution in [3.63, 3.8) is 0 Å². The van der Waals surface area contributed by atoms with Gasteiger partial charge in [-0.2, -0.15) is 0 Å². The predicted octanol–water partition coefficient (Wildman–Crippen LogP) is 11.5. The van der Waals surface area contributed by atoms with Gasteiger partial charge in [-0.05, 0) is 56.9 Å². The molecule has 0 fully saturated rings. The van der Waals surface area contributed by atoms with Crippen LogP contribution in [0.2, 0.25) is 0 Å². The highest BCUT2D eigenvalue weighted by Gasteiger charge is 2.21. The summed E-state index contributed by atoms with van der Waals surface area (Å²) in [6.45, 7) is 0. The molecule has 0 saturated heterocycles. The van der Waals surface area contributed by atoms with E-state index in [1.807, 2.05) is 0 Å². The van der Waals surface area contributed by atoms with E-state index in [1.54, 1.807) is 0 Å². The average Bonchev–Trinajstić information content (AvgIpc) is 3.06. The second kappa shape index (κ2) is 10.1. The molecule has 2 nitrogen and oxygen atoms in total. The third-order valence-electron chi connectivity index (χ3n) is 8.20. The molecule has 0 atom stereocenters. The summed E-state index contributed by atoms with van der Waals surface area (Å²) in [6, 6.07) is 56.1. The average molecular weight is 537 g/mol. The second-order valence-corrected chi connectivity index (χ2v) is 10.7. The lowest BCUT2D eigenvalue weighted by atomic mass is 9.84. The van der Waals surface area contributed by atoms with Crippen molar-refractivity contribution >= 4 is 65.8 Å². The van der Waals surface area contributed by atoms with Crippen molar-refractivity contribution < 1.29 is 0 Å². The first-order valence-electron chi connectivity index (χ1n) is 14.4. The molecule has 0 bridgehead atoms. The highest BCUT2D eigenvalue weighted by molar-refractivity contribution is 6.29. The van der Waals surface area contributed by atoms with Crippen molar-refractivity contribution in [3.05, 3.63) is 158 Å². The first-order chi connectivity index (χ1) is 20.9. The Labute approximate surface area is 244 Å². The molecule has 8 aromatic rings. The summed E-state index contributed by atoms with van der Waals surface area (Å²) in [5, 5.41) is 17.3. The molecule has 0 saturated carbocycles. The van der Waals surface area contributed by atoms with Crippen LogP contribution in [-0.4, -0.2) is 0 Å². The summed E-state index contributed by atoms with van der Waals surface area (Å²) in [6.07, 6.45) is 0. The fourth-order valence-electron chi connectivity index (χ4n) is 6.40. The molecular formula is C40H28N2. The quantitative estimate of drug-likeness (QED) is 0.214. The van der Waals surface area contributed by atoms with Crippen molar-refractivity contribution in [2.45, 2.75) is 0 Å². The molecular weight excluding hydrogens is 508 g/mol. The topological polar surface area (TPSA) is 24.1 Å². The van der Waals surface area contributed by atoms with Crippen LogP contribution < -0.4 is 10.6 Å². The number of fused-ring (bicyclic) bond motifs is 4. The van der Waals surface area contributed by atoms with Crippen molar-refractivity contribution in [1.82, 2.24) is 0 Å². The number of hydrogen-bond acceptors (Lipinski definition) is 2. The van der Waals surface area contributed by atoms with Crippen LogP contribution in [0.4, 0.5) is 22.7 Å². The van der Waals surface area contributed by atoms with Gasteiger partial charge in [0.05, 0.1) is 11.4 Å². The zero-order chi connectivity index (χ0) is 27.9. The van der Waals surface area contributed by atoms with E-state index >= 15 is 0 Å². The van der Waals surface area contributed by atoms with Crippen LogP contribution in [0.15, 0.2) is 158 Å². The molecule has 0 aliphatic heterocycles. The van der Waals surface area contributed by atoms with Gasteiger partial charge in [-0.15, -0.1) is 0 Å². The maximum atomic E-state index is 3.77. The molecule has 0 spiro atoms. The normalized spacial score (nSPS) is 11.3. The maximum Gasteiger partial charge on any atom is 0.0544 e. The maximum absolute atomic E-state index is 3.77. The Bertz CT molecular complexity index is 1960. The van der Waals surface area contributed by atoms with E-state index in [0.717, 1.165) is 22.7 Å². The lowest BCUT2D eigenvalue weighted by Crippen LogP contribution is -1.98. The molecule has 0 unspecified atom stereocenters. The van der Waals surface area contributed by atoms with Crippen LogP contribution >= 0.6 is 0 Å². The molecule has 0 amide bonds. The molecule has 0 heterocycles. The summed E-state index contributed by atoms with van der Waals surface area (Å²) < 4.78 is 0. The van der Waals surface area contributed by atoms with Crippen LogP contribution in [-0.2, 0) is 0 Å². The minimum atomic E-state index is 1.08. The Morgan fingerprint density at radius 2 is 0.476 bits per heavy atom. The fraction of sp³-hybridized carbons (Fsp3) is 0. The van der Waals surface area contributed by atoms with E-state index in [9.17, 15) is 0 Å². The van der Waals surface area contributed by atoms with E-state index in [4.69, 9.17) is 0 Å². The van der Waals surface area contributed by atoms with Gasteiger partial charge in [0.2, 0.25) is 0 Å². The lowest BCUT2D eigenvalue weighted by Gasteiger charge is -2.22. The van der Waals surface area contributed by atoms with Gasteiger partial charge in [-0.3, -0.25) is 0 Å². The summed E-state index contributed by atoms with van der Waals surface area (Å²) in [5.41, 5.74) is 6.94. The first-order valence-corrected chi connectivity index (χ1v) is 14.4. The van der Waals surface area contributed by atoms with Crippen molar-refractivity contribution in [2.24, 2.45) is 0 Å². The third kappa shape index (κ3) is 3.96. The van der Waals surface area contributed by atoms with Gasteiger partial charge < -0.3 is 10.6 Å². The summed E-state index contributed by atoms with van der Waals surface area (Å²) in [7, 11) is 0. The highest BCUT2D eigenvalue weighted by Crippen LogP contribution is 2.49. The van der Waals surface area contributed by atoms with Gasteiger partial charge in [0.1, 0.15) is 0 Å². The van der Waals surface area contributed by atoms with Crippen molar-refractivity contribution in [1.29, 1.82) is 0 Å². The molecule has 0 radical (unpaired) electrons. The van der Waals surface area contributed by atoms with Gasteiger partial charge in [0, 0.05) is 32.9 Å². The zero-order valence-electron chi connectivity index (χ0n) is 23.0. The Morgan fingerprint density at radius 3 is 0.762 bits per heavy atom. The van der Waals surface area contributed by atoms with E-state index in [2.05, 4.69) is 168 Å². The molecule has 42 heavy (non-hydrogen) atoms. The van der Waals surface area contributed by atoms with Crippen LogP contribution in [0, 0.1) is 0 Å². The molecule has 2 N–H and O–H groups in total. The van der Waals surface area contributed by atoms with Gasteiger partial charge in [-0.1, -0.05) is 133 Å². The number of anilines is 4. The first kappa shape index (κ1) is 24.2. The van der Waals surface area contributed by atoms with E-state index in [-0.39, 0.29) is 0 Å². The van der Waals surface area contributed by atoms with Crippen LogP contribution in [0.1, 0.15) is 0 Å². The van der Waals surface area contributed by atoms with Crippen LogP contribution in [0.3, 0.4) is 0 Å². The molecule has 198 valence electrons. The minimum Gasteiger partial charge on any atom is -0.355 e. The number of para-hydroxylation sites is 2. The number of nitrogens with one attached hydrogen (secondary N) is 2. The minimum absolute atomic E-state index is 1.08. The molecule has 8 rings (SSSR count). The zero-order valence-corrected chi connectivity index (χ0v) is 23.0. The van der Waals surface area contributed by atoms with Gasteiger partial charge >= 0.3 is 0 Å². The summed E-state index contributed by atoms with van der Waals surface area (Å²) in [4.78, 5) is 0. The molecule has 2 heteroatoms. The summed E-state index contributed by atoms with van der Waals surface area (Å²) in [5.74, 6) is 0. The van der Waals surface area contributed by atoms with Gasteiger partial charge in [0.25, 0.3) is 0 Å². The molecule has 0 aromatic heterocycles. The molecule has 8 aromatic carbocycles. The Morgan fingerprint density at radius 1 is 0.238 bits per heavy atom. The van der Waals surface area contributed by atoms with E-state index in [1.165, 1.54) is 54.2 Å². The van der Waals surface area contributed by atoms with E-state index < -0.39 is 0 Å². The number of benzene rings is 8. The fourth-order valence-corrected chi connectivity index (χ4v) is 6.40. The highest BCUT2D eigenvalue weighted by atomic mass is 14.9. The SMILES string of the molecule is c1ccc(Nc2c3ccccc3c(-c3c4ccccc4c(Nc4ccccc4)c4ccccc34)c3ccccc23)cc1. The smallest absolute Gasteiger partial charge is 0.0544 e. The summed E-state index contributed by atoms with van der Waals surface area (Å²) >= 11 is 0. The van der Waals surface area contributed by atoms with Crippen LogP contribution in [0.25, 0.3) is 54.2 Å². The van der Waals surface area contributed by atoms with E-state index in [0.29, 0.717) is 0 Å². The van der Waals surface area contributed by atoms with Gasteiger partial charge in [-0.25, -0.2) is 0 Å². The second-order valence-electron chi connectivity index (χ2n) is 10.7. The van der Waals surface area contributed by atoms with Gasteiger partial charge in [0.15, 0.2) is 0 Å².